The number of thioether (sulfide) groups is 1. The molecule has 0 fully saturated rings. The third kappa shape index (κ3) is 5.52. The van der Waals surface area contributed by atoms with Crippen LogP contribution >= 0.6 is 11.8 Å². The molecule has 1 aromatic carbocycles. The van der Waals surface area contributed by atoms with Gasteiger partial charge in [0.25, 0.3) is 0 Å². The van der Waals surface area contributed by atoms with Crippen LogP contribution in [0.3, 0.4) is 0 Å². The van der Waals surface area contributed by atoms with Crippen LogP contribution in [0.5, 0.6) is 0 Å². The van der Waals surface area contributed by atoms with Gasteiger partial charge in [0.2, 0.25) is 0 Å². The Morgan fingerprint density at radius 1 is 1.47 bits per heavy atom. The summed E-state index contributed by atoms with van der Waals surface area (Å²) >= 11 is 1.74. The van der Waals surface area contributed by atoms with Crippen molar-refractivity contribution >= 4 is 11.8 Å². The van der Waals surface area contributed by atoms with Crippen LogP contribution in [0.15, 0.2) is 23.1 Å². The molecule has 0 saturated heterocycles. The van der Waals surface area contributed by atoms with E-state index in [0.717, 1.165) is 29.2 Å². The van der Waals surface area contributed by atoms with E-state index in [1.54, 1.807) is 24.9 Å². The number of ether oxygens (including phenoxy) is 1. The first-order valence-corrected chi connectivity index (χ1v) is 6.77. The number of nitrogens with two attached hydrogens (primary N) is 1. The van der Waals surface area contributed by atoms with E-state index < -0.39 is 0 Å². The summed E-state index contributed by atoms with van der Waals surface area (Å²) in [4.78, 5) is 1.12. The number of hydrogen-bond acceptors (Lipinski definition) is 3. The minimum atomic E-state index is -0.193. The highest BCUT2D eigenvalue weighted by molar-refractivity contribution is 7.99. The van der Waals surface area contributed by atoms with E-state index in [1.165, 1.54) is 6.07 Å². The molecule has 0 amide bonds. The Hall–Kier alpha value is -0.580. The Labute approximate surface area is 107 Å². The summed E-state index contributed by atoms with van der Waals surface area (Å²) in [6, 6.07) is 4.98. The lowest BCUT2D eigenvalue weighted by atomic mass is 10.1. The fourth-order valence-corrected chi connectivity index (χ4v) is 2.55. The molecule has 0 aromatic heterocycles. The Kier molecular flexibility index (Phi) is 6.55. The second kappa shape index (κ2) is 7.69. The van der Waals surface area contributed by atoms with E-state index in [9.17, 15) is 4.39 Å². The molecule has 0 heterocycles. The summed E-state index contributed by atoms with van der Waals surface area (Å²) in [6.45, 7) is 2.70. The lowest BCUT2D eigenvalue weighted by molar-refractivity contribution is 0.200. The van der Waals surface area contributed by atoms with Gasteiger partial charge in [-0.3, -0.25) is 0 Å². The number of rotatable bonds is 7. The summed E-state index contributed by atoms with van der Waals surface area (Å²) in [5, 5.41) is 0. The van der Waals surface area contributed by atoms with Crippen LogP contribution in [-0.2, 0) is 11.2 Å². The van der Waals surface area contributed by atoms with Crippen LogP contribution < -0.4 is 5.73 Å². The Bertz CT molecular complexity index is 344. The predicted octanol–water partition coefficient (Wildman–Crippen LogP) is 2.84. The van der Waals surface area contributed by atoms with Crippen molar-refractivity contribution in [2.24, 2.45) is 5.73 Å². The number of hydrogen-bond donors (Lipinski definition) is 1. The average Bonchev–Trinajstić information content (AvgIpc) is 2.26. The molecular formula is C13H20FNOS. The second-order valence-corrected chi connectivity index (χ2v) is 5.27. The lowest BCUT2D eigenvalue weighted by Gasteiger charge is -2.11. The van der Waals surface area contributed by atoms with Gasteiger partial charge >= 0.3 is 0 Å². The fraction of sp³-hybridized carbons (Fsp3) is 0.538. The van der Waals surface area contributed by atoms with Gasteiger partial charge in [0, 0.05) is 30.4 Å². The zero-order chi connectivity index (χ0) is 12.7. The van der Waals surface area contributed by atoms with Crippen molar-refractivity contribution < 1.29 is 9.13 Å². The number of benzene rings is 1. The smallest absolute Gasteiger partial charge is 0.123 e. The fourth-order valence-electron chi connectivity index (χ4n) is 1.58. The second-order valence-electron chi connectivity index (χ2n) is 4.13. The molecule has 0 radical (unpaired) electrons. The standard InChI is InChI=1S/C13H20FNOS/c1-10(15)8-11-9-12(14)4-5-13(11)17-7-3-6-16-2/h4-5,9-10H,3,6-8,15H2,1-2H3. The van der Waals surface area contributed by atoms with E-state index in [4.69, 9.17) is 10.5 Å². The molecule has 1 rings (SSSR count). The van der Waals surface area contributed by atoms with Crippen LogP contribution in [0.25, 0.3) is 0 Å². The first-order valence-electron chi connectivity index (χ1n) is 5.79. The van der Waals surface area contributed by atoms with Crippen molar-refractivity contribution in [1.82, 2.24) is 0 Å². The summed E-state index contributed by atoms with van der Waals surface area (Å²) in [5.74, 6) is 0.785. The minimum Gasteiger partial charge on any atom is -0.385 e. The van der Waals surface area contributed by atoms with Gasteiger partial charge in [-0.2, -0.15) is 0 Å². The SMILES string of the molecule is COCCCSc1ccc(F)cc1CC(C)N. The van der Waals surface area contributed by atoms with Gasteiger partial charge in [0.05, 0.1) is 0 Å². The summed E-state index contributed by atoms with van der Waals surface area (Å²) in [6.07, 6.45) is 1.71. The van der Waals surface area contributed by atoms with E-state index in [-0.39, 0.29) is 11.9 Å². The van der Waals surface area contributed by atoms with Crippen LogP contribution in [0.4, 0.5) is 4.39 Å². The lowest BCUT2D eigenvalue weighted by Crippen LogP contribution is -2.18. The van der Waals surface area contributed by atoms with Crippen molar-refractivity contribution in [3.8, 4) is 0 Å². The van der Waals surface area contributed by atoms with Crippen LogP contribution in [0, 0.1) is 5.82 Å². The Balaban J connectivity index is 2.62. The molecular weight excluding hydrogens is 237 g/mol. The van der Waals surface area contributed by atoms with Gasteiger partial charge in [-0.1, -0.05) is 0 Å². The Morgan fingerprint density at radius 3 is 2.88 bits per heavy atom. The molecule has 0 bridgehead atoms. The molecule has 17 heavy (non-hydrogen) atoms. The highest BCUT2D eigenvalue weighted by Crippen LogP contribution is 2.25. The molecule has 0 aliphatic carbocycles. The highest BCUT2D eigenvalue weighted by atomic mass is 32.2. The Morgan fingerprint density at radius 2 is 2.24 bits per heavy atom. The van der Waals surface area contributed by atoms with Crippen molar-refractivity contribution in [3.05, 3.63) is 29.6 Å². The predicted molar refractivity (Wildman–Crippen MR) is 71.0 cm³/mol. The molecule has 1 atom stereocenters. The van der Waals surface area contributed by atoms with Crippen LogP contribution in [0.1, 0.15) is 18.9 Å². The molecule has 0 aliphatic heterocycles. The van der Waals surface area contributed by atoms with Gasteiger partial charge in [0.1, 0.15) is 5.82 Å². The largest absolute Gasteiger partial charge is 0.385 e. The molecule has 4 heteroatoms. The number of halogens is 1. The van der Waals surface area contributed by atoms with E-state index in [0.29, 0.717) is 6.42 Å². The summed E-state index contributed by atoms with van der Waals surface area (Å²) in [7, 11) is 1.70. The van der Waals surface area contributed by atoms with Gasteiger partial charge in [-0.15, -0.1) is 11.8 Å². The van der Waals surface area contributed by atoms with Crippen LogP contribution in [0.2, 0.25) is 0 Å². The van der Waals surface area contributed by atoms with Crippen molar-refractivity contribution in [1.29, 1.82) is 0 Å². The topological polar surface area (TPSA) is 35.2 Å². The monoisotopic (exact) mass is 257 g/mol. The molecule has 0 saturated carbocycles. The third-order valence-corrected chi connectivity index (χ3v) is 3.52. The van der Waals surface area contributed by atoms with E-state index >= 15 is 0 Å². The third-order valence-electron chi connectivity index (χ3n) is 2.31. The van der Waals surface area contributed by atoms with Crippen LogP contribution in [-0.4, -0.2) is 25.5 Å². The molecule has 1 aromatic rings. The molecule has 2 nitrogen and oxygen atoms in total. The van der Waals surface area contributed by atoms with E-state index in [1.807, 2.05) is 13.0 Å². The highest BCUT2D eigenvalue weighted by Gasteiger charge is 2.07. The number of methoxy groups -OCH3 is 1. The van der Waals surface area contributed by atoms with Gasteiger partial charge in [0.15, 0.2) is 0 Å². The maximum Gasteiger partial charge on any atom is 0.123 e. The quantitative estimate of drug-likeness (QED) is 0.602. The van der Waals surface area contributed by atoms with Gasteiger partial charge in [-0.05, 0) is 43.5 Å². The molecule has 0 aliphatic rings. The molecule has 96 valence electrons. The van der Waals surface area contributed by atoms with Crippen molar-refractivity contribution in [3.63, 3.8) is 0 Å². The van der Waals surface area contributed by atoms with E-state index in [2.05, 4.69) is 0 Å². The van der Waals surface area contributed by atoms with Crippen molar-refractivity contribution in [2.75, 3.05) is 19.5 Å². The zero-order valence-corrected chi connectivity index (χ0v) is 11.2. The normalized spacial score (nSPS) is 12.7. The molecule has 1 unspecified atom stereocenters. The van der Waals surface area contributed by atoms with Gasteiger partial charge in [-0.25, -0.2) is 4.39 Å². The zero-order valence-electron chi connectivity index (χ0n) is 10.4. The summed E-state index contributed by atoms with van der Waals surface area (Å²) in [5.41, 5.74) is 6.77. The molecule has 2 N–H and O–H groups in total. The maximum absolute atomic E-state index is 13.2. The van der Waals surface area contributed by atoms with Crippen molar-refractivity contribution in [2.45, 2.75) is 30.7 Å². The summed E-state index contributed by atoms with van der Waals surface area (Å²) < 4.78 is 18.2. The maximum atomic E-state index is 13.2. The minimum absolute atomic E-state index is 0.0510. The van der Waals surface area contributed by atoms with Gasteiger partial charge < -0.3 is 10.5 Å². The first kappa shape index (κ1) is 14.5. The molecule has 0 spiro atoms. The first-order chi connectivity index (χ1) is 8.13. The average molecular weight is 257 g/mol.